The van der Waals surface area contributed by atoms with Crippen molar-refractivity contribution in [3.05, 3.63) is 224 Å². The summed E-state index contributed by atoms with van der Waals surface area (Å²) in [6, 6.07) is 71.7. The molecule has 344 valence electrons. The molecular weight excluding hydrogens is 1020 g/mol. The summed E-state index contributed by atoms with van der Waals surface area (Å²) in [5, 5.41) is 2.18. The molecule has 8 aromatic carbocycles. The molecule has 5 nitrogen and oxygen atoms in total. The summed E-state index contributed by atoms with van der Waals surface area (Å²) in [6.45, 7) is 18.0. The van der Waals surface area contributed by atoms with Crippen molar-refractivity contribution >= 4 is 44.6 Å². The third kappa shape index (κ3) is 8.77. The number of pyridine rings is 1. The molecule has 0 bridgehead atoms. The van der Waals surface area contributed by atoms with Crippen molar-refractivity contribution in [2.75, 3.05) is 9.80 Å². The van der Waals surface area contributed by atoms with Gasteiger partial charge in [0, 0.05) is 66.9 Å². The molecule has 10 aromatic rings. The molecule has 3 heterocycles. The molecule has 0 saturated heterocycles. The van der Waals surface area contributed by atoms with E-state index < -0.39 is 0 Å². The van der Waals surface area contributed by atoms with Crippen LogP contribution in [0, 0.1) is 25.7 Å². The van der Waals surface area contributed by atoms with Crippen molar-refractivity contribution in [1.82, 2.24) is 9.55 Å². The monoisotopic (exact) mass is 1080 g/mol. The first kappa shape index (κ1) is 45.6. The van der Waals surface area contributed by atoms with Gasteiger partial charge in [-0.25, -0.2) is 4.98 Å². The summed E-state index contributed by atoms with van der Waals surface area (Å²) >= 11 is 0. The van der Waals surface area contributed by atoms with Gasteiger partial charge in [-0.2, -0.15) is 12.1 Å². The van der Waals surface area contributed by atoms with Gasteiger partial charge in [0.2, 0.25) is 0 Å². The molecule has 69 heavy (non-hydrogen) atoms. The molecule has 0 unspecified atom stereocenters. The Labute approximate surface area is 420 Å². The number of ether oxygens (including phenoxy) is 1. The minimum atomic E-state index is -0.00938. The number of para-hydroxylation sites is 2. The van der Waals surface area contributed by atoms with E-state index in [4.69, 9.17) is 9.72 Å². The van der Waals surface area contributed by atoms with Crippen LogP contribution in [-0.4, -0.2) is 9.55 Å². The van der Waals surface area contributed by atoms with Crippen molar-refractivity contribution in [2.24, 2.45) is 0 Å². The van der Waals surface area contributed by atoms with E-state index in [1.807, 2.05) is 30.5 Å². The van der Waals surface area contributed by atoms with Crippen LogP contribution in [0.5, 0.6) is 11.5 Å². The molecule has 1 aliphatic rings. The second-order valence-corrected chi connectivity index (χ2v) is 19.9. The van der Waals surface area contributed by atoms with Crippen LogP contribution in [0.4, 0.5) is 22.7 Å². The summed E-state index contributed by atoms with van der Waals surface area (Å²) in [6.07, 6.45) is 2.00. The predicted molar refractivity (Wildman–Crippen MR) is 283 cm³/mol. The van der Waals surface area contributed by atoms with E-state index in [9.17, 15) is 0 Å². The Bertz CT molecular complexity index is 3460. The Balaban J connectivity index is 0.00000553. The third-order valence-electron chi connectivity index (χ3n) is 13.2. The van der Waals surface area contributed by atoms with Crippen molar-refractivity contribution in [3.63, 3.8) is 0 Å². The number of aryl methyl sites for hydroxylation is 1. The van der Waals surface area contributed by atoms with E-state index in [0.717, 1.165) is 72.6 Å². The Morgan fingerprint density at radius 3 is 1.74 bits per heavy atom. The molecule has 0 aliphatic carbocycles. The van der Waals surface area contributed by atoms with Crippen LogP contribution in [-0.2, 0) is 31.9 Å². The van der Waals surface area contributed by atoms with E-state index in [1.165, 1.54) is 27.8 Å². The van der Waals surface area contributed by atoms with Crippen LogP contribution in [0.15, 0.2) is 188 Å². The van der Waals surface area contributed by atoms with Gasteiger partial charge in [0.15, 0.2) is 0 Å². The topological polar surface area (TPSA) is 33.5 Å². The van der Waals surface area contributed by atoms with Gasteiger partial charge in [-0.05, 0) is 104 Å². The zero-order valence-electron chi connectivity index (χ0n) is 40.0. The van der Waals surface area contributed by atoms with Crippen LogP contribution >= 0.6 is 0 Å². The molecule has 1 aliphatic heterocycles. The minimum Gasteiger partial charge on any atom is -0.509 e. The third-order valence-corrected chi connectivity index (χ3v) is 13.2. The Morgan fingerprint density at radius 2 is 1.09 bits per heavy atom. The van der Waals surface area contributed by atoms with Crippen LogP contribution in [0.25, 0.3) is 61.0 Å². The number of hydrogen-bond donors (Lipinski definition) is 0. The fourth-order valence-corrected chi connectivity index (χ4v) is 9.35. The second kappa shape index (κ2) is 18.0. The van der Waals surface area contributed by atoms with Crippen LogP contribution in [0.2, 0.25) is 0 Å². The Hall–Kier alpha value is -7.20. The van der Waals surface area contributed by atoms with Crippen LogP contribution < -0.4 is 14.5 Å². The Kier molecular flexibility index (Phi) is 11.9. The average Bonchev–Trinajstić information content (AvgIpc) is 3.90. The van der Waals surface area contributed by atoms with Gasteiger partial charge in [0.05, 0.1) is 0 Å². The number of hydrogen-bond acceptors (Lipinski definition) is 4. The van der Waals surface area contributed by atoms with Gasteiger partial charge < -0.3 is 19.1 Å². The summed E-state index contributed by atoms with van der Waals surface area (Å²) in [7, 11) is 0. The molecule has 2 aromatic heterocycles. The number of aromatic nitrogens is 2. The predicted octanol–water partition coefficient (Wildman–Crippen LogP) is 16.9. The second-order valence-electron chi connectivity index (χ2n) is 19.9. The van der Waals surface area contributed by atoms with Gasteiger partial charge in [0.1, 0.15) is 5.82 Å². The first-order valence-corrected chi connectivity index (χ1v) is 23.4. The summed E-state index contributed by atoms with van der Waals surface area (Å²) in [5.74, 6) is 2.00. The molecule has 0 radical (unpaired) electrons. The molecule has 0 N–H and O–H groups in total. The summed E-state index contributed by atoms with van der Waals surface area (Å²) in [5.41, 5.74) is 16.8. The first-order chi connectivity index (χ1) is 32.9. The van der Waals surface area contributed by atoms with Crippen molar-refractivity contribution in [1.29, 1.82) is 0 Å². The molecule has 0 saturated carbocycles. The van der Waals surface area contributed by atoms with E-state index in [-0.39, 0.29) is 31.9 Å². The smallest absolute Gasteiger partial charge is 0.135 e. The zero-order chi connectivity index (χ0) is 46.7. The normalized spacial score (nSPS) is 12.6. The van der Waals surface area contributed by atoms with Gasteiger partial charge in [-0.15, -0.1) is 48.1 Å². The Morgan fingerprint density at radius 1 is 0.507 bits per heavy atom. The number of anilines is 4. The van der Waals surface area contributed by atoms with Crippen molar-refractivity contribution in [3.8, 4) is 50.7 Å². The molecule has 0 fully saturated rings. The van der Waals surface area contributed by atoms with Gasteiger partial charge in [0.25, 0.3) is 0 Å². The summed E-state index contributed by atoms with van der Waals surface area (Å²) in [4.78, 5) is 9.65. The molecular formula is C63H53N4OPt-3. The first-order valence-electron chi connectivity index (χ1n) is 23.4. The summed E-state index contributed by atoms with van der Waals surface area (Å²) < 4.78 is 8.93. The number of fused-ring (bicyclic) bond motifs is 4. The fraction of sp³-hybridized carbons (Fsp3) is 0.143. The average molecular weight is 1080 g/mol. The number of rotatable bonds is 8. The van der Waals surface area contributed by atoms with Crippen molar-refractivity contribution in [2.45, 2.75) is 59.3 Å². The molecule has 6 heteroatoms. The minimum absolute atomic E-state index is 0. The van der Waals surface area contributed by atoms with Crippen molar-refractivity contribution < 1.29 is 25.8 Å². The number of benzene rings is 8. The number of nitrogens with zero attached hydrogens (tertiary/aromatic N) is 4. The SMILES string of the molecule is Cc1cc(-n2c3[c-]c(Oc4[c-]c(N5[CH-]N(c6cc(C(C)(C)C)cc(C(C)(C)C)c6)c6ccccc65)ccc4)ccc3c3cc(-c4ccccc4)ccc32)ncc1-c1ccc(-c2ccccc2)cc1.[Pt]. The van der Waals surface area contributed by atoms with Crippen LogP contribution in [0.3, 0.4) is 0 Å². The zero-order valence-corrected chi connectivity index (χ0v) is 42.3. The molecule has 11 rings (SSSR count). The maximum Gasteiger partial charge on any atom is 0.135 e. The van der Waals surface area contributed by atoms with Gasteiger partial charge in [-0.1, -0.05) is 162 Å². The van der Waals surface area contributed by atoms with E-state index in [1.54, 1.807) is 0 Å². The van der Waals surface area contributed by atoms with Gasteiger partial charge >= 0.3 is 0 Å². The standard InChI is InChI=1S/C63H53N4O.Pt/c1-42-33-61(64-40-56(42)46-27-25-45(26-28-46)43-17-10-8-11-18-43)67-57-32-29-47(44-19-12-9-13-20-44)34-55(57)54-31-30-53(39-60(54)67)68-52-22-16-21-50(38-52)65-41-66(59-24-15-14-23-58(59)65)51-36-48(62(2,3)4)35-49(37-51)63(5,6)7;/h8-37,40-41H,1-7H3;/q-3;. The van der Waals surface area contributed by atoms with Crippen LogP contribution in [0.1, 0.15) is 58.2 Å². The maximum atomic E-state index is 6.72. The van der Waals surface area contributed by atoms with E-state index in [0.29, 0.717) is 11.5 Å². The molecule has 0 amide bonds. The molecule has 0 atom stereocenters. The maximum absolute atomic E-state index is 6.72. The van der Waals surface area contributed by atoms with Gasteiger partial charge in [-0.3, -0.25) is 0 Å². The van der Waals surface area contributed by atoms with E-state index >= 15 is 0 Å². The molecule has 0 spiro atoms. The van der Waals surface area contributed by atoms with E-state index in [2.05, 4.69) is 239 Å². The fourth-order valence-electron chi connectivity index (χ4n) is 9.35. The largest absolute Gasteiger partial charge is 0.509 e. The quantitative estimate of drug-likeness (QED) is 0.142.